The molecule has 0 amide bonds. The van der Waals surface area contributed by atoms with Crippen LogP contribution in [0.25, 0.3) is 0 Å². The van der Waals surface area contributed by atoms with E-state index in [1.54, 1.807) is 0 Å². The standard InChI is InChI=1S/C12H14ClF3O2/c13-9-1-2-11(14)8(5-9)6-10(17)3-4-18-7-12(15)16/h1-2,5,10,12,17H,3-4,6-7H2. The van der Waals surface area contributed by atoms with E-state index in [-0.39, 0.29) is 19.4 Å². The lowest BCUT2D eigenvalue weighted by molar-refractivity contribution is 0.00506. The molecule has 1 unspecified atom stereocenters. The van der Waals surface area contributed by atoms with Gasteiger partial charge in [0.15, 0.2) is 0 Å². The van der Waals surface area contributed by atoms with Crippen molar-refractivity contribution in [2.24, 2.45) is 0 Å². The summed E-state index contributed by atoms with van der Waals surface area (Å²) in [6, 6.07) is 4.07. The normalized spacial score (nSPS) is 13.0. The monoisotopic (exact) mass is 282 g/mol. The van der Waals surface area contributed by atoms with E-state index in [0.29, 0.717) is 10.6 Å². The van der Waals surface area contributed by atoms with Crippen LogP contribution in [0, 0.1) is 5.82 Å². The maximum atomic E-state index is 13.3. The lowest BCUT2D eigenvalue weighted by atomic mass is 10.1. The number of ether oxygens (including phenoxy) is 1. The van der Waals surface area contributed by atoms with E-state index in [1.807, 2.05) is 0 Å². The fraction of sp³-hybridized carbons (Fsp3) is 0.500. The number of aliphatic hydroxyl groups is 1. The van der Waals surface area contributed by atoms with Crippen LogP contribution in [-0.2, 0) is 11.2 Å². The highest BCUT2D eigenvalue weighted by Gasteiger charge is 2.11. The van der Waals surface area contributed by atoms with Gasteiger partial charge in [-0.1, -0.05) is 11.6 Å². The van der Waals surface area contributed by atoms with Gasteiger partial charge in [0.1, 0.15) is 12.4 Å². The van der Waals surface area contributed by atoms with Crippen molar-refractivity contribution >= 4 is 11.6 Å². The number of hydrogen-bond donors (Lipinski definition) is 1. The number of aliphatic hydroxyl groups excluding tert-OH is 1. The summed E-state index contributed by atoms with van der Waals surface area (Å²) >= 11 is 5.71. The Bertz CT molecular complexity index is 374. The van der Waals surface area contributed by atoms with Gasteiger partial charge in [0, 0.05) is 18.1 Å². The molecule has 0 radical (unpaired) electrons. The molecular weight excluding hydrogens is 269 g/mol. The fourth-order valence-corrected chi connectivity index (χ4v) is 1.64. The van der Waals surface area contributed by atoms with Gasteiger partial charge in [0.2, 0.25) is 0 Å². The lowest BCUT2D eigenvalue weighted by Crippen LogP contribution is -2.16. The molecule has 0 aliphatic carbocycles. The van der Waals surface area contributed by atoms with E-state index in [1.165, 1.54) is 18.2 Å². The second kappa shape index (κ2) is 7.61. The Labute approximate surface area is 108 Å². The first-order valence-corrected chi connectivity index (χ1v) is 5.84. The first kappa shape index (κ1) is 15.3. The Kier molecular flexibility index (Phi) is 6.46. The topological polar surface area (TPSA) is 29.5 Å². The third kappa shape index (κ3) is 5.71. The Morgan fingerprint density at radius 1 is 1.33 bits per heavy atom. The molecule has 0 aliphatic heterocycles. The van der Waals surface area contributed by atoms with Gasteiger partial charge in [0.25, 0.3) is 6.43 Å². The average molecular weight is 283 g/mol. The Morgan fingerprint density at radius 3 is 2.72 bits per heavy atom. The average Bonchev–Trinajstić information content (AvgIpc) is 2.29. The summed E-state index contributed by atoms with van der Waals surface area (Å²) in [5, 5.41) is 9.99. The first-order chi connectivity index (χ1) is 8.49. The smallest absolute Gasteiger partial charge is 0.261 e. The van der Waals surface area contributed by atoms with Gasteiger partial charge in [-0.15, -0.1) is 0 Å². The van der Waals surface area contributed by atoms with Crippen LogP contribution in [0.5, 0.6) is 0 Å². The number of hydrogen-bond acceptors (Lipinski definition) is 2. The molecule has 1 N–H and O–H groups in total. The number of halogens is 4. The van der Waals surface area contributed by atoms with Gasteiger partial charge in [-0.05, 0) is 30.2 Å². The zero-order valence-electron chi connectivity index (χ0n) is 9.58. The van der Waals surface area contributed by atoms with Gasteiger partial charge in [-0.25, -0.2) is 13.2 Å². The van der Waals surface area contributed by atoms with Gasteiger partial charge in [-0.3, -0.25) is 0 Å². The molecule has 6 heteroatoms. The molecule has 1 aromatic carbocycles. The summed E-state index contributed by atoms with van der Waals surface area (Å²) in [5.41, 5.74) is 0.295. The van der Waals surface area contributed by atoms with Crippen molar-refractivity contribution in [1.82, 2.24) is 0 Å². The summed E-state index contributed by atoms with van der Waals surface area (Å²) in [4.78, 5) is 0. The minimum Gasteiger partial charge on any atom is -0.393 e. The highest BCUT2D eigenvalue weighted by atomic mass is 35.5. The van der Waals surface area contributed by atoms with Crippen molar-refractivity contribution in [2.45, 2.75) is 25.4 Å². The van der Waals surface area contributed by atoms with Gasteiger partial charge in [-0.2, -0.15) is 0 Å². The molecule has 0 saturated heterocycles. The Morgan fingerprint density at radius 2 is 2.06 bits per heavy atom. The minimum atomic E-state index is -2.52. The third-order valence-electron chi connectivity index (χ3n) is 2.30. The van der Waals surface area contributed by atoms with Crippen LogP contribution in [0.1, 0.15) is 12.0 Å². The van der Waals surface area contributed by atoms with E-state index in [0.717, 1.165) is 0 Å². The molecule has 1 atom stereocenters. The van der Waals surface area contributed by atoms with E-state index < -0.39 is 25.0 Å². The molecule has 0 aromatic heterocycles. The number of benzene rings is 1. The van der Waals surface area contributed by atoms with E-state index in [4.69, 9.17) is 11.6 Å². The zero-order chi connectivity index (χ0) is 13.5. The van der Waals surface area contributed by atoms with Crippen molar-refractivity contribution in [3.63, 3.8) is 0 Å². The molecule has 1 aromatic rings. The lowest BCUT2D eigenvalue weighted by Gasteiger charge is -2.11. The van der Waals surface area contributed by atoms with Gasteiger partial charge < -0.3 is 9.84 Å². The molecule has 0 fully saturated rings. The SMILES string of the molecule is OC(CCOCC(F)F)Cc1cc(Cl)ccc1F. The second-order valence-corrected chi connectivity index (χ2v) is 4.28. The Hall–Kier alpha value is -0.780. The molecule has 0 bridgehead atoms. The van der Waals surface area contributed by atoms with Crippen LogP contribution in [0.3, 0.4) is 0 Å². The third-order valence-corrected chi connectivity index (χ3v) is 2.54. The first-order valence-electron chi connectivity index (χ1n) is 5.47. The van der Waals surface area contributed by atoms with Crippen molar-refractivity contribution in [3.8, 4) is 0 Å². The highest BCUT2D eigenvalue weighted by molar-refractivity contribution is 6.30. The van der Waals surface area contributed by atoms with Crippen LogP contribution < -0.4 is 0 Å². The largest absolute Gasteiger partial charge is 0.393 e. The maximum Gasteiger partial charge on any atom is 0.261 e. The summed E-state index contributed by atoms with van der Waals surface area (Å²) in [7, 11) is 0. The number of rotatable bonds is 7. The molecule has 0 spiro atoms. The van der Waals surface area contributed by atoms with Crippen molar-refractivity contribution in [1.29, 1.82) is 0 Å². The molecule has 1 rings (SSSR count). The molecule has 18 heavy (non-hydrogen) atoms. The van der Waals surface area contributed by atoms with Crippen LogP contribution in [0.15, 0.2) is 18.2 Å². The molecule has 0 saturated carbocycles. The van der Waals surface area contributed by atoms with Crippen LogP contribution in [0.2, 0.25) is 5.02 Å². The van der Waals surface area contributed by atoms with Crippen LogP contribution >= 0.6 is 11.6 Å². The molecule has 0 heterocycles. The van der Waals surface area contributed by atoms with Crippen LogP contribution in [-0.4, -0.2) is 30.8 Å². The quantitative estimate of drug-likeness (QED) is 0.779. The van der Waals surface area contributed by atoms with Gasteiger partial charge >= 0.3 is 0 Å². The van der Waals surface area contributed by atoms with E-state index >= 15 is 0 Å². The predicted molar refractivity (Wildman–Crippen MR) is 62.6 cm³/mol. The fourth-order valence-electron chi connectivity index (χ4n) is 1.45. The molecular formula is C12H14ClF3O2. The highest BCUT2D eigenvalue weighted by Crippen LogP contribution is 2.17. The summed E-state index contributed by atoms with van der Waals surface area (Å²) in [5.74, 6) is -0.452. The van der Waals surface area contributed by atoms with Crippen LogP contribution in [0.4, 0.5) is 13.2 Å². The van der Waals surface area contributed by atoms with Crippen molar-refractivity contribution in [3.05, 3.63) is 34.6 Å². The minimum absolute atomic E-state index is 0.00763. The summed E-state index contributed by atoms with van der Waals surface area (Å²) in [6.45, 7) is -0.647. The van der Waals surface area contributed by atoms with Crippen molar-refractivity contribution in [2.75, 3.05) is 13.2 Å². The molecule has 0 aliphatic rings. The number of alkyl halides is 2. The summed E-state index contributed by atoms with van der Waals surface area (Å²) in [6.07, 6.45) is -3.13. The van der Waals surface area contributed by atoms with Crippen molar-refractivity contribution < 1.29 is 23.0 Å². The Balaban J connectivity index is 2.35. The van der Waals surface area contributed by atoms with Gasteiger partial charge in [0.05, 0.1) is 6.10 Å². The second-order valence-electron chi connectivity index (χ2n) is 3.85. The van der Waals surface area contributed by atoms with E-state index in [2.05, 4.69) is 4.74 Å². The van der Waals surface area contributed by atoms with E-state index in [9.17, 15) is 18.3 Å². The molecule has 2 nitrogen and oxygen atoms in total. The zero-order valence-corrected chi connectivity index (χ0v) is 10.3. The molecule has 102 valence electrons. The maximum absolute atomic E-state index is 13.3. The predicted octanol–water partition coefficient (Wildman–Crippen LogP) is 3.05. The summed E-state index contributed by atoms with van der Waals surface area (Å²) < 4.78 is 41.5.